The lowest BCUT2D eigenvalue weighted by atomic mass is 10.1. The molecule has 3 aromatic rings. The van der Waals surface area contributed by atoms with E-state index in [-0.39, 0.29) is 5.65 Å². The van der Waals surface area contributed by atoms with Crippen LogP contribution in [0.5, 0.6) is 0 Å². The average Bonchev–Trinajstić information content (AvgIpc) is 3.24. The molecule has 0 saturated heterocycles. The molecule has 1 aliphatic heterocycles. The monoisotopic (exact) mass is 331 g/mol. The fourth-order valence-electron chi connectivity index (χ4n) is 2.67. The molecule has 1 aliphatic rings. The summed E-state index contributed by atoms with van der Waals surface area (Å²) in [6.45, 7) is 1.24. The second-order valence-corrected chi connectivity index (χ2v) is 5.32. The van der Waals surface area contributed by atoms with Crippen LogP contribution in [-0.4, -0.2) is 33.5 Å². The van der Waals surface area contributed by atoms with Gasteiger partial charge in [-0.15, -0.1) is 5.10 Å². The third kappa shape index (κ3) is 2.40. The molecule has 1 aromatic carbocycles. The summed E-state index contributed by atoms with van der Waals surface area (Å²) in [5.74, 6) is -0.619. The highest BCUT2D eigenvalue weighted by Gasteiger charge is 2.37. The Labute approximate surface area is 134 Å². The third-order valence-corrected chi connectivity index (χ3v) is 3.74. The van der Waals surface area contributed by atoms with Gasteiger partial charge in [-0.1, -0.05) is 30.3 Å². The van der Waals surface area contributed by atoms with Crippen LogP contribution in [0, 0.1) is 0 Å². The molecule has 1 N–H and O–H groups in total. The number of nitrogens with one attached hydrogen (secondary N) is 1. The van der Waals surface area contributed by atoms with Gasteiger partial charge in [-0.25, -0.2) is 9.50 Å². The van der Waals surface area contributed by atoms with Crippen LogP contribution >= 0.6 is 0 Å². The highest BCUT2D eigenvalue weighted by Crippen LogP contribution is 2.29. The molecule has 122 valence electrons. The fraction of sp³-hybridized carbons (Fsp3) is 0.188. The van der Waals surface area contributed by atoms with Crippen molar-refractivity contribution in [1.82, 2.24) is 19.9 Å². The molecular formula is C16H12F3N5. The summed E-state index contributed by atoms with van der Waals surface area (Å²) < 4.78 is 40.5. The van der Waals surface area contributed by atoms with Gasteiger partial charge < -0.3 is 5.32 Å². The number of amidine groups is 1. The van der Waals surface area contributed by atoms with E-state index in [2.05, 4.69) is 20.4 Å². The largest absolute Gasteiger partial charge is 0.453 e. The van der Waals surface area contributed by atoms with Gasteiger partial charge in [-0.3, -0.25) is 4.99 Å². The summed E-state index contributed by atoms with van der Waals surface area (Å²) >= 11 is 0. The molecule has 0 radical (unpaired) electrons. The lowest BCUT2D eigenvalue weighted by Crippen LogP contribution is -2.20. The van der Waals surface area contributed by atoms with E-state index >= 15 is 0 Å². The molecule has 2 aromatic heterocycles. The zero-order valence-electron chi connectivity index (χ0n) is 12.4. The summed E-state index contributed by atoms with van der Waals surface area (Å²) in [5.41, 5.74) is 1.94. The normalized spacial score (nSPS) is 14.7. The molecule has 0 fully saturated rings. The molecule has 0 atom stereocenters. The Kier molecular flexibility index (Phi) is 3.26. The maximum Gasteiger partial charge on any atom is 0.453 e. The van der Waals surface area contributed by atoms with Crippen molar-refractivity contribution in [3.63, 3.8) is 0 Å². The number of hydrogen-bond acceptors (Lipinski definition) is 4. The van der Waals surface area contributed by atoms with Crippen LogP contribution in [-0.2, 0) is 6.18 Å². The zero-order chi connectivity index (χ0) is 16.7. The summed E-state index contributed by atoms with van der Waals surface area (Å²) in [7, 11) is 0. The molecule has 5 nitrogen and oxygen atoms in total. The number of hydrogen-bond donors (Lipinski definition) is 1. The first kappa shape index (κ1) is 14.7. The van der Waals surface area contributed by atoms with Crippen LogP contribution in [0.4, 0.5) is 13.2 Å². The van der Waals surface area contributed by atoms with E-state index in [0.717, 1.165) is 5.56 Å². The second-order valence-electron chi connectivity index (χ2n) is 5.32. The first-order valence-corrected chi connectivity index (χ1v) is 7.35. The smallest absolute Gasteiger partial charge is 0.368 e. The number of aromatic nitrogens is 3. The lowest BCUT2D eigenvalue weighted by molar-refractivity contribution is -0.144. The summed E-state index contributed by atoms with van der Waals surface area (Å²) in [5, 5.41) is 6.75. The van der Waals surface area contributed by atoms with Gasteiger partial charge in [0, 0.05) is 12.1 Å². The fourth-order valence-corrected chi connectivity index (χ4v) is 2.67. The number of rotatable bonds is 2. The van der Waals surface area contributed by atoms with Gasteiger partial charge in [0.15, 0.2) is 5.65 Å². The van der Waals surface area contributed by atoms with Gasteiger partial charge in [0.1, 0.15) is 5.84 Å². The Bertz CT molecular complexity index is 928. The van der Waals surface area contributed by atoms with E-state index in [1.54, 1.807) is 12.1 Å². The van der Waals surface area contributed by atoms with E-state index in [4.69, 9.17) is 0 Å². The average molecular weight is 331 g/mol. The van der Waals surface area contributed by atoms with Gasteiger partial charge >= 0.3 is 6.18 Å². The molecule has 24 heavy (non-hydrogen) atoms. The van der Waals surface area contributed by atoms with Crippen molar-refractivity contribution in [1.29, 1.82) is 0 Å². The molecule has 0 unspecified atom stereocenters. The van der Waals surface area contributed by atoms with Crippen molar-refractivity contribution in [3.8, 4) is 11.3 Å². The van der Waals surface area contributed by atoms with Crippen molar-refractivity contribution in [2.45, 2.75) is 6.18 Å². The number of aliphatic imine (C=N–C) groups is 1. The quantitative estimate of drug-likeness (QED) is 0.786. The zero-order valence-corrected chi connectivity index (χ0v) is 12.4. The van der Waals surface area contributed by atoms with Crippen LogP contribution in [0.15, 0.2) is 47.5 Å². The maximum atomic E-state index is 13.1. The van der Waals surface area contributed by atoms with Crippen molar-refractivity contribution in [2.24, 2.45) is 4.99 Å². The Morgan fingerprint density at radius 1 is 1.04 bits per heavy atom. The first-order valence-electron chi connectivity index (χ1n) is 7.35. The topological polar surface area (TPSA) is 54.6 Å². The summed E-state index contributed by atoms with van der Waals surface area (Å²) in [4.78, 5) is 7.99. The van der Waals surface area contributed by atoms with Crippen molar-refractivity contribution in [3.05, 3.63) is 53.9 Å². The minimum atomic E-state index is -4.61. The molecule has 8 heteroatoms. The van der Waals surface area contributed by atoms with Gasteiger partial charge in [0.25, 0.3) is 5.82 Å². The minimum Gasteiger partial charge on any atom is -0.368 e. The summed E-state index contributed by atoms with van der Waals surface area (Å²) in [6.07, 6.45) is -4.61. The molecule has 3 heterocycles. The number of nitrogens with zero attached hydrogens (tertiary/aromatic N) is 4. The van der Waals surface area contributed by atoms with Crippen molar-refractivity contribution in [2.75, 3.05) is 13.1 Å². The first-order chi connectivity index (χ1) is 11.5. The van der Waals surface area contributed by atoms with E-state index < -0.39 is 12.0 Å². The van der Waals surface area contributed by atoms with E-state index in [9.17, 15) is 13.2 Å². The van der Waals surface area contributed by atoms with E-state index in [1.165, 1.54) is 4.52 Å². The Balaban J connectivity index is 1.99. The molecular weight excluding hydrogens is 319 g/mol. The van der Waals surface area contributed by atoms with Crippen LogP contribution in [0.2, 0.25) is 0 Å². The highest BCUT2D eigenvalue weighted by molar-refractivity contribution is 6.04. The summed E-state index contributed by atoms with van der Waals surface area (Å²) in [6, 6.07) is 12.6. The minimum absolute atomic E-state index is 0.136. The number of pyridine rings is 1. The molecule has 0 bridgehead atoms. The van der Waals surface area contributed by atoms with Crippen LogP contribution in [0.3, 0.4) is 0 Å². The van der Waals surface area contributed by atoms with Gasteiger partial charge in [0.2, 0.25) is 0 Å². The Morgan fingerprint density at radius 2 is 1.83 bits per heavy atom. The van der Waals surface area contributed by atoms with Gasteiger partial charge in [-0.05, 0) is 12.1 Å². The lowest BCUT2D eigenvalue weighted by Gasteiger charge is -2.08. The van der Waals surface area contributed by atoms with E-state index in [1.807, 2.05) is 30.3 Å². The standard InChI is InChI=1S/C16H12F3N5/c17-16(18,19)15-22-14-11(13-20-8-9-21-13)6-7-12(24(14)23-15)10-4-2-1-3-5-10/h1-7H,8-9H2,(H,20,21). The van der Waals surface area contributed by atoms with Crippen LogP contribution < -0.4 is 5.32 Å². The molecule has 0 amide bonds. The maximum absolute atomic E-state index is 13.1. The highest BCUT2D eigenvalue weighted by atomic mass is 19.4. The predicted molar refractivity (Wildman–Crippen MR) is 82.8 cm³/mol. The van der Waals surface area contributed by atoms with Crippen LogP contribution in [0.1, 0.15) is 11.4 Å². The Hall–Kier alpha value is -2.90. The molecule has 0 aliphatic carbocycles. The number of halogens is 3. The van der Waals surface area contributed by atoms with Crippen LogP contribution in [0.25, 0.3) is 16.9 Å². The van der Waals surface area contributed by atoms with Crippen molar-refractivity contribution >= 4 is 11.5 Å². The van der Waals surface area contributed by atoms with Crippen molar-refractivity contribution < 1.29 is 13.2 Å². The predicted octanol–water partition coefficient (Wildman–Crippen LogP) is 2.76. The molecule has 4 rings (SSSR count). The second kappa shape index (κ2) is 5.33. The SMILES string of the molecule is FC(F)(F)c1nc2c(C3=NCCN3)ccc(-c3ccccc3)n2n1. The van der Waals surface area contributed by atoms with Gasteiger partial charge in [-0.2, -0.15) is 13.2 Å². The number of fused-ring (bicyclic) bond motifs is 1. The molecule has 0 spiro atoms. The molecule has 0 saturated carbocycles. The third-order valence-electron chi connectivity index (χ3n) is 3.74. The van der Waals surface area contributed by atoms with E-state index in [0.29, 0.717) is 30.2 Å². The Morgan fingerprint density at radius 3 is 2.50 bits per heavy atom. The van der Waals surface area contributed by atoms with Gasteiger partial charge in [0.05, 0.1) is 17.8 Å². The number of benzene rings is 1. The number of alkyl halides is 3.